The molecule has 5 heteroatoms. The zero-order chi connectivity index (χ0) is 21.3. The van der Waals surface area contributed by atoms with Crippen LogP contribution in [0.4, 0.5) is 8.78 Å². The second kappa shape index (κ2) is 12.0. The number of rotatable bonds is 10. The van der Waals surface area contributed by atoms with E-state index in [0.29, 0.717) is 24.7 Å². The summed E-state index contributed by atoms with van der Waals surface area (Å²) in [6.45, 7) is 6.08. The minimum atomic E-state index is -0.856. The fourth-order valence-corrected chi connectivity index (χ4v) is 4.68. The lowest BCUT2D eigenvalue weighted by atomic mass is 9.82. The molecule has 0 radical (unpaired) electrons. The van der Waals surface area contributed by atoms with Crippen LogP contribution in [-0.2, 0) is 9.47 Å². The fraction of sp³-hybridized carbons (Fsp3) is 0.760. The van der Waals surface area contributed by atoms with Gasteiger partial charge in [-0.05, 0) is 74.8 Å². The van der Waals surface area contributed by atoms with Gasteiger partial charge in [0.1, 0.15) is 0 Å². The highest BCUT2D eigenvalue weighted by Gasteiger charge is 2.28. The van der Waals surface area contributed by atoms with Crippen LogP contribution in [0.1, 0.15) is 89.5 Å². The van der Waals surface area contributed by atoms with E-state index in [1.165, 1.54) is 25.7 Å². The zero-order valence-corrected chi connectivity index (χ0v) is 18.6. The van der Waals surface area contributed by atoms with Crippen LogP contribution in [0.2, 0.25) is 0 Å². The summed E-state index contributed by atoms with van der Waals surface area (Å²) in [6.07, 6.45) is 10.7. The Morgan fingerprint density at radius 3 is 2.43 bits per heavy atom. The Kier molecular flexibility index (Phi) is 9.38. The lowest BCUT2D eigenvalue weighted by Crippen LogP contribution is -2.32. The first-order valence-electron chi connectivity index (χ1n) is 12.0. The van der Waals surface area contributed by atoms with Crippen molar-refractivity contribution in [3.05, 3.63) is 29.3 Å². The van der Waals surface area contributed by atoms with Crippen molar-refractivity contribution in [2.45, 2.75) is 96.2 Å². The molecule has 1 aliphatic heterocycles. The van der Waals surface area contributed by atoms with E-state index in [0.717, 1.165) is 45.1 Å². The molecule has 2 unspecified atom stereocenters. The van der Waals surface area contributed by atoms with E-state index < -0.39 is 11.6 Å². The van der Waals surface area contributed by atoms with E-state index in [1.807, 2.05) is 6.92 Å². The van der Waals surface area contributed by atoms with Crippen molar-refractivity contribution in [2.75, 3.05) is 19.8 Å². The molecular weight excluding hydrogens is 386 g/mol. The number of unbranched alkanes of at least 4 members (excludes halogenated alkanes) is 1. The van der Waals surface area contributed by atoms with Crippen LogP contribution in [-0.4, -0.2) is 32.0 Å². The van der Waals surface area contributed by atoms with Gasteiger partial charge in [0.05, 0.1) is 25.4 Å². The summed E-state index contributed by atoms with van der Waals surface area (Å²) in [5.74, 6) is -0.831. The van der Waals surface area contributed by atoms with Crippen LogP contribution >= 0.6 is 0 Å². The van der Waals surface area contributed by atoms with E-state index in [1.54, 1.807) is 12.1 Å². The SMILES string of the molecule is CCCCC1CCC(COC2CCC(c3ccc(OCCC)c(F)c3F)CC2)OC1. The molecule has 1 saturated carbocycles. The van der Waals surface area contributed by atoms with E-state index in [-0.39, 0.29) is 23.9 Å². The highest BCUT2D eigenvalue weighted by Crippen LogP contribution is 2.37. The van der Waals surface area contributed by atoms with Crippen LogP contribution in [0.3, 0.4) is 0 Å². The average molecular weight is 425 g/mol. The molecule has 3 nitrogen and oxygen atoms in total. The van der Waals surface area contributed by atoms with E-state index in [2.05, 4.69) is 6.92 Å². The first kappa shape index (κ1) is 23.5. The van der Waals surface area contributed by atoms with Crippen molar-refractivity contribution < 1.29 is 23.0 Å². The normalized spacial score (nSPS) is 27.2. The second-order valence-corrected chi connectivity index (χ2v) is 8.98. The summed E-state index contributed by atoms with van der Waals surface area (Å²) in [6, 6.07) is 3.26. The predicted molar refractivity (Wildman–Crippen MR) is 115 cm³/mol. The largest absolute Gasteiger partial charge is 0.490 e. The third-order valence-electron chi connectivity index (χ3n) is 6.60. The maximum atomic E-state index is 14.6. The van der Waals surface area contributed by atoms with Gasteiger partial charge in [-0.3, -0.25) is 0 Å². The molecule has 3 rings (SSSR count). The van der Waals surface area contributed by atoms with Crippen molar-refractivity contribution in [1.29, 1.82) is 0 Å². The smallest absolute Gasteiger partial charge is 0.200 e. The topological polar surface area (TPSA) is 27.7 Å². The number of benzene rings is 1. The molecule has 0 spiro atoms. The van der Waals surface area contributed by atoms with Crippen LogP contribution < -0.4 is 4.74 Å². The standard InChI is InChI=1S/C25H38F2O3/c1-3-5-6-18-7-10-21(29-16-18)17-30-20-11-8-19(9-12-20)22-13-14-23(28-15-4-2)25(27)24(22)26/h13-14,18-21H,3-12,15-17H2,1-2H3. The van der Waals surface area contributed by atoms with Crippen molar-refractivity contribution >= 4 is 0 Å². The maximum Gasteiger partial charge on any atom is 0.200 e. The van der Waals surface area contributed by atoms with Crippen LogP contribution in [0, 0.1) is 17.6 Å². The Hall–Kier alpha value is -1.20. The minimum Gasteiger partial charge on any atom is -0.490 e. The fourth-order valence-electron chi connectivity index (χ4n) is 4.68. The van der Waals surface area contributed by atoms with Crippen molar-refractivity contribution in [2.24, 2.45) is 5.92 Å². The lowest BCUT2D eigenvalue weighted by molar-refractivity contribution is -0.0858. The van der Waals surface area contributed by atoms with Crippen LogP contribution in [0.5, 0.6) is 5.75 Å². The quantitative estimate of drug-likeness (QED) is 0.414. The Labute approximate surface area is 180 Å². The number of hydrogen-bond acceptors (Lipinski definition) is 3. The molecule has 0 bridgehead atoms. The summed E-state index contributed by atoms with van der Waals surface area (Å²) >= 11 is 0. The zero-order valence-electron chi connectivity index (χ0n) is 18.6. The lowest BCUT2D eigenvalue weighted by Gasteiger charge is -2.32. The number of hydrogen-bond donors (Lipinski definition) is 0. The summed E-state index contributed by atoms with van der Waals surface area (Å²) in [4.78, 5) is 0. The number of ether oxygens (including phenoxy) is 3. The molecule has 2 fully saturated rings. The van der Waals surface area contributed by atoms with Crippen molar-refractivity contribution in [3.8, 4) is 5.75 Å². The molecule has 1 aliphatic carbocycles. The summed E-state index contributed by atoms with van der Waals surface area (Å²) in [5.41, 5.74) is 0.475. The molecule has 1 saturated heterocycles. The van der Waals surface area contributed by atoms with Crippen LogP contribution in [0.25, 0.3) is 0 Å². The van der Waals surface area contributed by atoms with Gasteiger partial charge < -0.3 is 14.2 Å². The predicted octanol–water partition coefficient (Wildman–Crippen LogP) is 6.78. The Balaban J connectivity index is 1.41. The summed E-state index contributed by atoms with van der Waals surface area (Å²) in [5, 5.41) is 0. The van der Waals surface area contributed by atoms with Gasteiger partial charge in [0.25, 0.3) is 0 Å². The third-order valence-corrected chi connectivity index (χ3v) is 6.60. The molecule has 1 aromatic carbocycles. The second-order valence-electron chi connectivity index (χ2n) is 8.98. The highest BCUT2D eigenvalue weighted by molar-refractivity contribution is 5.33. The molecule has 1 aromatic rings. The summed E-state index contributed by atoms with van der Waals surface area (Å²) in [7, 11) is 0. The first-order chi connectivity index (χ1) is 14.6. The van der Waals surface area contributed by atoms with E-state index >= 15 is 0 Å². The molecule has 2 aliphatic rings. The van der Waals surface area contributed by atoms with E-state index in [4.69, 9.17) is 14.2 Å². The Bertz CT molecular complexity index is 636. The minimum absolute atomic E-state index is 0.0135. The van der Waals surface area contributed by atoms with Gasteiger partial charge in [0.2, 0.25) is 5.82 Å². The van der Waals surface area contributed by atoms with Gasteiger partial charge in [-0.1, -0.05) is 32.8 Å². The maximum absolute atomic E-state index is 14.6. The molecule has 2 atom stereocenters. The molecule has 0 N–H and O–H groups in total. The molecule has 30 heavy (non-hydrogen) atoms. The Morgan fingerprint density at radius 2 is 1.77 bits per heavy atom. The first-order valence-corrected chi connectivity index (χ1v) is 12.0. The number of halogens is 2. The highest BCUT2D eigenvalue weighted by atomic mass is 19.2. The van der Waals surface area contributed by atoms with Gasteiger partial charge in [-0.2, -0.15) is 4.39 Å². The molecule has 0 amide bonds. The molecule has 0 aromatic heterocycles. The summed E-state index contributed by atoms with van der Waals surface area (Å²) < 4.78 is 46.3. The van der Waals surface area contributed by atoms with Gasteiger partial charge in [-0.25, -0.2) is 4.39 Å². The molecular formula is C25H38F2O3. The third kappa shape index (κ3) is 6.40. The average Bonchev–Trinajstić information content (AvgIpc) is 2.78. The van der Waals surface area contributed by atoms with Crippen LogP contribution in [0.15, 0.2) is 12.1 Å². The van der Waals surface area contributed by atoms with Gasteiger partial charge >= 0.3 is 0 Å². The van der Waals surface area contributed by atoms with Gasteiger partial charge in [0.15, 0.2) is 11.6 Å². The van der Waals surface area contributed by atoms with E-state index in [9.17, 15) is 8.78 Å². The Morgan fingerprint density at radius 1 is 0.967 bits per heavy atom. The van der Waals surface area contributed by atoms with Crippen molar-refractivity contribution in [1.82, 2.24) is 0 Å². The van der Waals surface area contributed by atoms with Crippen molar-refractivity contribution in [3.63, 3.8) is 0 Å². The van der Waals surface area contributed by atoms with Gasteiger partial charge in [0, 0.05) is 6.61 Å². The molecule has 1 heterocycles. The molecule has 170 valence electrons. The monoisotopic (exact) mass is 424 g/mol. The van der Waals surface area contributed by atoms with Gasteiger partial charge in [-0.15, -0.1) is 0 Å².